The van der Waals surface area contributed by atoms with Crippen molar-refractivity contribution in [2.75, 3.05) is 0 Å². The van der Waals surface area contributed by atoms with E-state index in [0.29, 0.717) is 25.7 Å². The number of amides is 1. The molecule has 0 aliphatic carbocycles. The van der Waals surface area contributed by atoms with Crippen molar-refractivity contribution in [2.24, 2.45) is 0 Å². The molecule has 1 heterocycles. The van der Waals surface area contributed by atoms with Crippen LogP contribution in [0.3, 0.4) is 0 Å². The fraction of sp³-hybridized carbons (Fsp3) is 0.167. The summed E-state index contributed by atoms with van der Waals surface area (Å²) < 4.78 is 1.98. The van der Waals surface area contributed by atoms with E-state index in [1.54, 1.807) is 34.9 Å². The predicted octanol–water partition coefficient (Wildman–Crippen LogP) is 5.45. The summed E-state index contributed by atoms with van der Waals surface area (Å²) in [4.78, 5) is 12.6. The second-order valence-electron chi connectivity index (χ2n) is 5.90. The minimum atomic E-state index is -0.290. The zero-order valence-electron chi connectivity index (χ0n) is 14.2. The predicted molar refractivity (Wildman–Crippen MR) is 111 cm³/mol. The van der Waals surface area contributed by atoms with Crippen molar-refractivity contribution >= 4 is 52.9 Å². The van der Waals surface area contributed by atoms with Crippen LogP contribution in [0.2, 0.25) is 15.1 Å². The number of carbonyl (C=O) groups excluding carboxylic acids is 1. The Labute approximate surface area is 176 Å². The first kappa shape index (κ1) is 19.9. The third-order valence-electron chi connectivity index (χ3n) is 3.97. The van der Waals surface area contributed by atoms with Gasteiger partial charge in [0.05, 0.1) is 6.04 Å². The van der Waals surface area contributed by atoms with Gasteiger partial charge < -0.3 is 5.32 Å². The van der Waals surface area contributed by atoms with Crippen LogP contribution in [0.4, 0.5) is 0 Å². The Kier molecular flexibility index (Phi) is 6.22. The lowest BCUT2D eigenvalue weighted by atomic mass is 10.1. The van der Waals surface area contributed by atoms with E-state index in [4.69, 9.17) is 47.0 Å². The van der Waals surface area contributed by atoms with Crippen molar-refractivity contribution < 1.29 is 4.79 Å². The molecule has 27 heavy (non-hydrogen) atoms. The molecular formula is C18H15Cl3N4OS. The Morgan fingerprint density at radius 2 is 1.85 bits per heavy atom. The Hall–Kier alpha value is -1.86. The van der Waals surface area contributed by atoms with Crippen LogP contribution >= 0.6 is 47.0 Å². The van der Waals surface area contributed by atoms with Crippen molar-refractivity contribution in [3.63, 3.8) is 0 Å². The van der Waals surface area contributed by atoms with Crippen molar-refractivity contribution in [2.45, 2.75) is 19.5 Å². The number of hydrogen-bond acceptors (Lipinski definition) is 3. The van der Waals surface area contributed by atoms with Crippen LogP contribution in [-0.4, -0.2) is 20.7 Å². The van der Waals surface area contributed by atoms with Gasteiger partial charge in [0.25, 0.3) is 0 Å². The number of hydrogen-bond donors (Lipinski definition) is 2. The normalized spacial score (nSPS) is 12.0. The lowest BCUT2D eigenvalue weighted by Crippen LogP contribution is -2.30. The van der Waals surface area contributed by atoms with E-state index in [9.17, 15) is 4.79 Å². The number of H-pyrrole nitrogens is 1. The van der Waals surface area contributed by atoms with E-state index in [2.05, 4.69) is 15.5 Å². The average molecular weight is 442 g/mol. The average Bonchev–Trinajstić information content (AvgIpc) is 2.96. The molecule has 0 fully saturated rings. The van der Waals surface area contributed by atoms with Gasteiger partial charge in [0, 0.05) is 20.6 Å². The third kappa shape index (κ3) is 4.71. The molecule has 0 aliphatic heterocycles. The molecular weight excluding hydrogens is 427 g/mol. The fourth-order valence-corrected chi connectivity index (χ4v) is 3.54. The molecule has 3 aromatic rings. The quantitative estimate of drug-likeness (QED) is 0.518. The maximum absolute atomic E-state index is 12.6. The lowest BCUT2D eigenvalue weighted by Gasteiger charge is -2.16. The Morgan fingerprint density at radius 1 is 1.19 bits per heavy atom. The van der Waals surface area contributed by atoms with Crippen molar-refractivity contribution in [3.8, 4) is 11.4 Å². The number of benzene rings is 2. The molecule has 0 aliphatic rings. The zero-order chi connectivity index (χ0) is 19.6. The van der Waals surface area contributed by atoms with E-state index in [0.717, 1.165) is 11.1 Å². The van der Waals surface area contributed by atoms with Crippen LogP contribution < -0.4 is 5.32 Å². The van der Waals surface area contributed by atoms with Gasteiger partial charge in [-0.05, 0) is 61.1 Å². The largest absolute Gasteiger partial charge is 0.348 e. The van der Waals surface area contributed by atoms with E-state index >= 15 is 0 Å². The highest BCUT2D eigenvalue weighted by molar-refractivity contribution is 7.71. The molecule has 0 spiro atoms. The van der Waals surface area contributed by atoms with Crippen LogP contribution in [0, 0.1) is 4.77 Å². The van der Waals surface area contributed by atoms with Gasteiger partial charge in [-0.3, -0.25) is 14.5 Å². The van der Waals surface area contributed by atoms with Crippen molar-refractivity contribution in [1.29, 1.82) is 0 Å². The van der Waals surface area contributed by atoms with Crippen molar-refractivity contribution in [1.82, 2.24) is 20.1 Å². The van der Waals surface area contributed by atoms with E-state index in [-0.39, 0.29) is 18.5 Å². The Balaban J connectivity index is 1.77. The van der Waals surface area contributed by atoms with Gasteiger partial charge in [-0.15, -0.1) is 0 Å². The molecule has 0 radical (unpaired) electrons. The van der Waals surface area contributed by atoms with Gasteiger partial charge in [0.1, 0.15) is 6.54 Å². The Bertz CT molecular complexity index is 1030. The number of nitrogens with one attached hydrogen (secondary N) is 2. The van der Waals surface area contributed by atoms with Gasteiger partial charge in [-0.25, -0.2) is 0 Å². The van der Waals surface area contributed by atoms with Crippen molar-refractivity contribution in [3.05, 3.63) is 67.9 Å². The molecule has 1 atom stereocenters. The summed E-state index contributed by atoms with van der Waals surface area (Å²) in [7, 11) is 0. The lowest BCUT2D eigenvalue weighted by molar-refractivity contribution is -0.122. The van der Waals surface area contributed by atoms with Gasteiger partial charge in [-0.2, -0.15) is 5.10 Å². The summed E-state index contributed by atoms with van der Waals surface area (Å²) in [5, 5.41) is 11.5. The highest BCUT2D eigenvalue weighted by atomic mass is 35.5. The number of rotatable bonds is 5. The van der Waals surface area contributed by atoms with Crippen LogP contribution in [0.1, 0.15) is 18.5 Å². The number of carbonyl (C=O) groups is 1. The summed E-state index contributed by atoms with van der Waals surface area (Å²) in [5.41, 5.74) is 1.58. The summed E-state index contributed by atoms with van der Waals surface area (Å²) in [6.07, 6.45) is 0. The van der Waals surface area contributed by atoms with Gasteiger partial charge >= 0.3 is 0 Å². The molecule has 140 valence electrons. The number of aromatic nitrogens is 3. The van der Waals surface area contributed by atoms with Gasteiger partial charge in [-0.1, -0.05) is 40.9 Å². The maximum atomic E-state index is 12.6. The topological polar surface area (TPSA) is 62.7 Å². The Morgan fingerprint density at radius 3 is 2.52 bits per heavy atom. The molecule has 0 bridgehead atoms. The number of nitrogens with zero attached hydrogens (tertiary/aromatic N) is 2. The molecule has 5 nitrogen and oxygen atoms in total. The highest BCUT2D eigenvalue weighted by Crippen LogP contribution is 2.26. The van der Waals surface area contributed by atoms with E-state index < -0.39 is 0 Å². The van der Waals surface area contributed by atoms with Gasteiger partial charge in [0.2, 0.25) is 5.91 Å². The fourth-order valence-electron chi connectivity index (χ4n) is 2.64. The summed E-state index contributed by atoms with van der Waals surface area (Å²) >= 11 is 23.3. The highest BCUT2D eigenvalue weighted by Gasteiger charge is 2.16. The molecule has 9 heteroatoms. The third-order valence-corrected chi connectivity index (χ3v) is 5.09. The first-order valence-electron chi connectivity index (χ1n) is 8.00. The molecule has 1 aromatic heterocycles. The molecule has 2 aromatic carbocycles. The van der Waals surface area contributed by atoms with E-state index in [1.165, 1.54) is 0 Å². The van der Waals surface area contributed by atoms with Gasteiger partial charge in [0.15, 0.2) is 10.6 Å². The number of aromatic amines is 1. The summed E-state index contributed by atoms with van der Waals surface area (Å²) in [6.45, 7) is 1.87. The monoisotopic (exact) mass is 440 g/mol. The van der Waals surface area contributed by atoms with Crippen LogP contribution in [0.25, 0.3) is 11.4 Å². The summed E-state index contributed by atoms with van der Waals surface area (Å²) in [5.74, 6) is 0.338. The molecule has 1 amide bonds. The smallest absolute Gasteiger partial charge is 0.240 e. The van der Waals surface area contributed by atoms with Crippen LogP contribution in [0.5, 0.6) is 0 Å². The SMILES string of the molecule is CC(NC(=O)Cn1c(-c2ccc(Cl)cc2)n[nH]c1=S)c1ccc(Cl)cc1Cl. The molecule has 0 saturated heterocycles. The second-order valence-corrected chi connectivity index (χ2v) is 7.57. The molecule has 2 N–H and O–H groups in total. The van der Waals surface area contributed by atoms with Crippen LogP contribution in [0.15, 0.2) is 42.5 Å². The minimum Gasteiger partial charge on any atom is -0.348 e. The molecule has 3 rings (SSSR count). The molecule has 0 saturated carbocycles. The van der Waals surface area contributed by atoms with E-state index in [1.807, 2.05) is 19.1 Å². The second kappa shape index (κ2) is 8.44. The standard InChI is InChI=1S/C18H15Cl3N4OS/c1-10(14-7-6-13(20)8-15(14)21)22-16(26)9-25-17(23-24-18(25)27)11-2-4-12(19)5-3-11/h2-8,10H,9H2,1H3,(H,22,26)(H,24,27). The first-order valence-corrected chi connectivity index (χ1v) is 9.55. The zero-order valence-corrected chi connectivity index (χ0v) is 17.3. The molecule has 1 unspecified atom stereocenters. The van der Waals surface area contributed by atoms with Crippen LogP contribution in [-0.2, 0) is 11.3 Å². The first-order chi connectivity index (χ1) is 12.8. The maximum Gasteiger partial charge on any atom is 0.240 e. The number of halogens is 3. The summed E-state index contributed by atoms with van der Waals surface area (Å²) in [6, 6.07) is 12.0. The minimum absolute atomic E-state index is 0.0167.